The normalized spacial score (nSPS) is 11.4. The Morgan fingerprint density at radius 3 is 2.82 bits per heavy atom. The van der Waals surface area contributed by atoms with E-state index in [1.807, 2.05) is 6.92 Å². The Balaban J connectivity index is 2.91. The van der Waals surface area contributed by atoms with Gasteiger partial charge in [-0.05, 0) is 28.4 Å². The fourth-order valence-corrected chi connectivity index (χ4v) is 1.74. The number of halogens is 1. The molecule has 0 fully saturated rings. The maximum Gasteiger partial charge on any atom is 0.333 e. The molecule has 1 heterocycles. The Kier molecular flexibility index (Phi) is 5.15. The third-order valence-electron chi connectivity index (χ3n) is 2.31. The highest BCUT2D eigenvalue weighted by Gasteiger charge is 2.06. The number of hydrogen-bond donors (Lipinski definition) is 0. The van der Waals surface area contributed by atoms with Crippen LogP contribution in [0.5, 0.6) is 0 Å². The number of esters is 1. The van der Waals surface area contributed by atoms with Gasteiger partial charge in [0.15, 0.2) is 0 Å². The fourth-order valence-electron chi connectivity index (χ4n) is 1.36. The Labute approximate surface area is 108 Å². The zero-order chi connectivity index (χ0) is 12.8. The Morgan fingerprint density at radius 1 is 1.53 bits per heavy atom. The number of rotatable bonds is 4. The maximum atomic E-state index is 11.5. The van der Waals surface area contributed by atoms with Gasteiger partial charge in [-0.15, -0.1) is 0 Å². The van der Waals surface area contributed by atoms with Crippen LogP contribution in [0.15, 0.2) is 39.2 Å². The molecule has 17 heavy (non-hydrogen) atoms. The van der Waals surface area contributed by atoms with Crippen molar-refractivity contribution in [2.75, 3.05) is 7.11 Å². The Morgan fingerprint density at radius 2 is 2.24 bits per heavy atom. The molecular weight excluding hydrogens is 286 g/mol. The summed E-state index contributed by atoms with van der Waals surface area (Å²) in [4.78, 5) is 22.8. The third-order valence-corrected chi connectivity index (χ3v) is 2.78. The summed E-state index contributed by atoms with van der Waals surface area (Å²) in [6, 6.07) is 3.16. The number of hydrogen-bond acceptors (Lipinski definition) is 3. The number of carbonyl (C=O) groups excluding carboxylic acids is 1. The highest BCUT2D eigenvalue weighted by Crippen LogP contribution is 2.07. The van der Waals surface area contributed by atoms with Crippen molar-refractivity contribution >= 4 is 21.9 Å². The van der Waals surface area contributed by atoms with Crippen molar-refractivity contribution in [3.8, 4) is 0 Å². The van der Waals surface area contributed by atoms with Crippen LogP contribution in [0.1, 0.15) is 13.3 Å². The lowest BCUT2D eigenvalue weighted by Crippen LogP contribution is -2.18. The van der Waals surface area contributed by atoms with Gasteiger partial charge in [-0.3, -0.25) is 4.79 Å². The van der Waals surface area contributed by atoms with E-state index in [4.69, 9.17) is 0 Å². The lowest BCUT2D eigenvalue weighted by Gasteiger charge is -2.05. The molecule has 1 aromatic rings. The quantitative estimate of drug-likeness (QED) is 0.632. The Bertz CT molecular complexity index is 491. The van der Waals surface area contributed by atoms with Crippen molar-refractivity contribution in [3.63, 3.8) is 0 Å². The first-order chi connectivity index (χ1) is 8.08. The molecule has 0 amide bonds. The summed E-state index contributed by atoms with van der Waals surface area (Å²) < 4.78 is 6.98. The molecule has 0 aliphatic heterocycles. The molecule has 0 N–H and O–H groups in total. The van der Waals surface area contributed by atoms with Gasteiger partial charge in [-0.2, -0.15) is 0 Å². The summed E-state index contributed by atoms with van der Waals surface area (Å²) in [6.07, 6.45) is 3.97. The number of carbonyl (C=O) groups is 1. The highest BCUT2D eigenvalue weighted by molar-refractivity contribution is 9.10. The molecule has 0 aliphatic carbocycles. The van der Waals surface area contributed by atoms with Crippen LogP contribution in [0, 0.1) is 0 Å². The van der Waals surface area contributed by atoms with Gasteiger partial charge < -0.3 is 9.30 Å². The molecule has 0 bridgehead atoms. The van der Waals surface area contributed by atoms with E-state index < -0.39 is 0 Å². The van der Waals surface area contributed by atoms with Crippen molar-refractivity contribution in [2.45, 2.75) is 19.9 Å². The minimum atomic E-state index is -0.351. The van der Waals surface area contributed by atoms with E-state index in [1.54, 1.807) is 18.3 Å². The zero-order valence-corrected chi connectivity index (χ0v) is 11.4. The third kappa shape index (κ3) is 3.85. The van der Waals surface area contributed by atoms with Crippen LogP contribution >= 0.6 is 15.9 Å². The standard InChI is InChI=1S/C12H14BrNO3/c1-3-9(12(16)17-2)6-7-14-8-10(13)4-5-11(14)15/h4-6,8H,3,7H2,1-2H3. The molecule has 0 spiro atoms. The number of aromatic nitrogens is 1. The van der Waals surface area contributed by atoms with E-state index in [0.717, 1.165) is 4.47 Å². The molecular formula is C12H14BrNO3. The predicted molar refractivity (Wildman–Crippen MR) is 68.8 cm³/mol. The van der Waals surface area contributed by atoms with Gasteiger partial charge in [0.1, 0.15) is 0 Å². The minimum absolute atomic E-state index is 0.107. The molecule has 92 valence electrons. The van der Waals surface area contributed by atoms with Crippen LogP contribution in [0.2, 0.25) is 0 Å². The molecule has 1 aromatic heterocycles. The average molecular weight is 300 g/mol. The summed E-state index contributed by atoms with van der Waals surface area (Å²) in [7, 11) is 1.34. The summed E-state index contributed by atoms with van der Waals surface area (Å²) >= 11 is 3.29. The predicted octanol–water partition coefficient (Wildman–Crippen LogP) is 2.12. The molecule has 0 atom stereocenters. The van der Waals surface area contributed by atoms with Crippen LogP contribution in [0.3, 0.4) is 0 Å². The van der Waals surface area contributed by atoms with Crippen molar-refractivity contribution in [1.29, 1.82) is 0 Å². The first kappa shape index (κ1) is 13.7. The van der Waals surface area contributed by atoms with E-state index in [1.165, 1.54) is 17.7 Å². The van der Waals surface area contributed by atoms with Crippen molar-refractivity contribution in [2.24, 2.45) is 0 Å². The monoisotopic (exact) mass is 299 g/mol. The van der Waals surface area contributed by atoms with Crippen LogP contribution in [-0.4, -0.2) is 17.6 Å². The topological polar surface area (TPSA) is 48.3 Å². The number of nitrogens with zero attached hydrogens (tertiary/aromatic N) is 1. The van der Waals surface area contributed by atoms with Crippen molar-refractivity contribution < 1.29 is 9.53 Å². The van der Waals surface area contributed by atoms with Crippen LogP contribution in [-0.2, 0) is 16.1 Å². The number of pyridine rings is 1. The molecule has 0 saturated heterocycles. The van der Waals surface area contributed by atoms with Crippen molar-refractivity contribution in [1.82, 2.24) is 4.57 Å². The van der Waals surface area contributed by atoms with E-state index >= 15 is 0 Å². The molecule has 1 rings (SSSR count). The first-order valence-electron chi connectivity index (χ1n) is 5.21. The number of allylic oxidation sites excluding steroid dienone is 1. The van der Waals surface area contributed by atoms with Gasteiger partial charge >= 0.3 is 5.97 Å². The second kappa shape index (κ2) is 6.39. The molecule has 0 aliphatic rings. The van der Waals surface area contributed by atoms with E-state index in [-0.39, 0.29) is 11.5 Å². The smallest absolute Gasteiger partial charge is 0.333 e. The van der Waals surface area contributed by atoms with Crippen LogP contribution < -0.4 is 5.56 Å². The lowest BCUT2D eigenvalue weighted by molar-refractivity contribution is -0.136. The van der Waals surface area contributed by atoms with Gasteiger partial charge in [0.25, 0.3) is 5.56 Å². The average Bonchev–Trinajstić information content (AvgIpc) is 2.33. The minimum Gasteiger partial charge on any atom is -0.466 e. The van der Waals surface area contributed by atoms with E-state index in [2.05, 4.69) is 20.7 Å². The largest absolute Gasteiger partial charge is 0.466 e. The van der Waals surface area contributed by atoms with E-state index in [9.17, 15) is 9.59 Å². The molecule has 0 radical (unpaired) electrons. The maximum absolute atomic E-state index is 11.5. The first-order valence-corrected chi connectivity index (χ1v) is 6.01. The number of methoxy groups -OCH3 is 1. The summed E-state index contributed by atoms with van der Waals surface area (Å²) in [5.74, 6) is -0.351. The second-order valence-corrected chi connectivity index (χ2v) is 4.33. The number of ether oxygens (including phenoxy) is 1. The molecule has 0 aromatic carbocycles. The molecule has 5 heteroatoms. The fraction of sp³-hybridized carbons (Fsp3) is 0.333. The Hall–Kier alpha value is -1.36. The van der Waals surface area contributed by atoms with Crippen molar-refractivity contribution in [3.05, 3.63) is 44.8 Å². The van der Waals surface area contributed by atoms with Crippen LogP contribution in [0.25, 0.3) is 0 Å². The summed E-state index contributed by atoms with van der Waals surface area (Å²) in [6.45, 7) is 2.23. The van der Waals surface area contributed by atoms with Gasteiger partial charge in [0.05, 0.1) is 7.11 Å². The lowest BCUT2D eigenvalue weighted by atomic mass is 10.2. The zero-order valence-electron chi connectivity index (χ0n) is 9.77. The van der Waals surface area contributed by atoms with Crippen LogP contribution in [0.4, 0.5) is 0 Å². The highest BCUT2D eigenvalue weighted by atomic mass is 79.9. The SMILES string of the molecule is CCC(=CCn1cc(Br)ccc1=O)C(=O)OC. The van der Waals surface area contributed by atoms with Gasteiger partial charge in [-0.25, -0.2) is 4.79 Å². The van der Waals surface area contributed by atoms with Gasteiger partial charge in [-0.1, -0.05) is 13.0 Å². The van der Waals surface area contributed by atoms with Gasteiger partial charge in [0.2, 0.25) is 0 Å². The van der Waals surface area contributed by atoms with Gasteiger partial charge in [0, 0.05) is 28.9 Å². The summed E-state index contributed by atoms with van der Waals surface area (Å²) in [5.41, 5.74) is 0.462. The molecule has 0 saturated carbocycles. The second-order valence-electron chi connectivity index (χ2n) is 3.41. The van der Waals surface area contributed by atoms with E-state index in [0.29, 0.717) is 18.5 Å². The summed E-state index contributed by atoms with van der Waals surface area (Å²) in [5, 5.41) is 0. The molecule has 0 unspecified atom stereocenters. The molecule has 4 nitrogen and oxygen atoms in total.